The van der Waals surface area contributed by atoms with Crippen molar-refractivity contribution < 1.29 is 10.2 Å². The maximum absolute atomic E-state index is 9.99. The molecule has 2 aromatic rings. The van der Waals surface area contributed by atoms with Gasteiger partial charge in [-0.25, -0.2) is 0 Å². The van der Waals surface area contributed by atoms with Crippen LogP contribution in [0.4, 0.5) is 0 Å². The molecular formula is C14H12O2. The van der Waals surface area contributed by atoms with Crippen molar-refractivity contribution in [1.29, 1.82) is 0 Å². The highest BCUT2D eigenvalue weighted by Gasteiger charge is 2.12. The summed E-state index contributed by atoms with van der Waals surface area (Å²) < 4.78 is 0. The normalized spacial score (nSPS) is 11.6. The van der Waals surface area contributed by atoms with Crippen LogP contribution < -0.4 is 0 Å². The Morgan fingerprint density at radius 2 is 1.06 bits per heavy atom. The highest BCUT2D eigenvalue weighted by Crippen LogP contribution is 2.30. The van der Waals surface area contributed by atoms with Crippen LogP contribution >= 0.6 is 0 Å². The average Bonchev–Trinajstić information content (AvgIpc) is 2.23. The van der Waals surface area contributed by atoms with E-state index in [-0.39, 0.29) is 11.5 Å². The minimum absolute atomic E-state index is 0.283. The molecule has 0 heterocycles. The third kappa shape index (κ3) is 0.915. The molecule has 0 bridgehead atoms. The summed E-state index contributed by atoms with van der Waals surface area (Å²) in [5.41, 5.74) is 1.68. The first-order valence-corrected chi connectivity index (χ1v) is 5.27. The summed E-state index contributed by atoms with van der Waals surface area (Å²) in [5.74, 6) is 0.566. The summed E-state index contributed by atoms with van der Waals surface area (Å²) in [6.07, 6.45) is 0. The summed E-state index contributed by atoms with van der Waals surface area (Å²) in [6, 6.07) is 7.77. The van der Waals surface area contributed by atoms with E-state index in [9.17, 15) is 10.2 Å². The first-order valence-electron chi connectivity index (χ1n) is 5.27. The average molecular weight is 212 g/mol. The predicted molar refractivity (Wildman–Crippen MR) is 61.0 cm³/mol. The fraction of sp³-hybridized carbons (Fsp3) is 0.143. The van der Waals surface area contributed by atoms with Gasteiger partial charge in [-0.2, -0.15) is 0 Å². The van der Waals surface area contributed by atoms with Gasteiger partial charge in [0.1, 0.15) is 11.5 Å². The molecule has 80 valence electrons. The Balaban J connectivity index is 2.68. The third-order valence-corrected chi connectivity index (χ3v) is 3.30. The molecule has 0 aliphatic heterocycles. The second-order valence-corrected chi connectivity index (χ2v) is 4.31. The van der Waals surface area contributed by atoms with E-state index in [0.717, 1.165) is 32.0 Å². The molecule has 0 atom stereocenters. The molecule has 0 saturated heterocycles. The molecule has 0 saturated carbocycles. The summed E-state index contributed by atoms with van der Waals surface area (Å²) >= 11 is 0. The fourth-order valence-corrected chi connectivity index (χ4v) is 2.28. The van der Waals surface area contributed by atoms with Gasteiger partial charge in [0.05, 0.1) is 0 Å². The lowest BCUT2D eigenvalue weighted by molar-refractivity contribution is 0.455. The van der Waals surface area contributed by atoms with E-state index in [1.54, 1.807) is 0 Å². The van der Waals surface area contributed by atoms with Crippen LogP contribution in [0.2, 0.25) is 0 Å². The van der Waals surface area contributed by atoms with Crippen molar-refractivity contribution >= 4 is 0 Å². The second-order valence-electron chi connectivity index (χ2n) is 4.31. The van der Waals surface area contributed by atoms with E-state index in [0.29, 0.717) is 0 Å². The third-order valence-electron chi connectivity index (χ3n) is 3.30. The Kier molecular flexibility index (Phi) is 1.62. The molecule has 0 fully saturated rings. The Hall–Kier alpha value is -1.96. The van der Waals surface area contributed by atoms with Crippen molar-refractivity contribution in [3.8, 4) is 11.5 Å². The van der Waals surface area contributed by atoms with Crippen LogP contribution in [0.1, 0.15) is 11.1 Å². The molecule has 2 N–H and O–H groups in total. The SMILES string of the molecule is Cc1ccc2c(c1O)=c1c(O)c(C)ccc1=2. The van der Waals surface area contributed by atoms with Crippen molar-refractivity contribution in [1.82, 2.24) is 0 Å². The molecule has 0 amide bonds. The van der Waals surface area contributed by atoms with Crippen LogP contribution in [-0.2, 0) is 0 Å². The number of phenols is 2. The standard InChI is InChI=1S/C14H12O2/c1-7-3-5-9-10-6-4-8(2)14(16)12(10)11(9)13(7)15/h3-6,15-16H,1-2H3. The topological polar surface area (TPSA) is 40.5 Å². The number of rotatable bonds is 0. The van der Waals surface area contributed by atoms with Crippen molar-refractivity contribution in [2.75, 3.05) is 0 Å². The van der Waals surface area contributed by atoms with E-state index in [4.69, 9.17) is 0 Å². The van der Waals surface area contributed by atoms with Gasteiger partial charge >= 0.3 is 0 Å². The minimum Gasteiger partial charge on any atom is -0.507 e. The molecule has 16 heavy (non-hydrogen) atoms. The number of hydrogen-bond acceptors (Lipinski definition) is 2. The first kappa shape index (κ1) is 9.28. The number of aryl methyl sites for hydroxylation is 2. The van der Waals surface area contributed by atoms with Crippen LogP contribution in [-0.4, -0.2) is 10.2 Å². The van der Waals surface area contributed by atoms with E-state index >= 15 is 0 Å². The predicted octanol–water partition coefficient (Wildman–Crippen LogP) is 2.60. The molecule has 0 spiro atoms. The van der Waals surface area contributed by atoms with E-state index in [1.807, 2.05) is 38.1 Å². The molecule has 1 aliphatic carbocycles. The van der Waals surface area contributed by atoms with Gasteiger partial charge in [0.25, 0.3) is 0 Å². The Bertz CT molecular complexity index is 721. The van der Waals surface area contributed by atoms with Gasteiger partial charge in [0.15, 0.2) is 0 Å². The maximum atomic E-state index is 9.99. The van der Waals surface area contributed by atoms with Crippen molar-refractivity contribution in [3.63, 3.8) is 0 Å². The van der Waals surface area contributed by atoms with Crippen LogP contribution in [0.25, 0.3) is 0 Å². The van der Waals surface area contributed by atoms with Gasteiger partial charge in [-0.1, -0.05) is 24.3 Å². The Morgan fingerprint density at radius 1 is 0.688 bits per heavy atom. The summed E-state index contributed by atoms with van der Waals surface area (Å²) in [5, 5.41) is 23.6. The molecular weight excluding hydrogens is 200 g/mol. The molecule has 2 aromatic carbocycles. The van der Waals surface area contributed by atoms with Gasteiger partial charge in [-0.05, 0) is 35.4 Å². The summed E-state index contributed by atoms with van der Waals surface area (Å²) in [6.45, 7) is 3.72. The van der Waals surface area contributed by atoms with E-state index in [1.165, 1.54) is 0 Å². The smallest absolute Gasteiger partial charge is 0.127 e. The molecule has 0 unspecified atom stereocenters. The Labute approximate surface area is 92.4 Å². The van der Waals surface area contributed by atoms with Crippen LogP contribution in [0.3, 0.4) is 0 Å². The van der Waals surface area contributed by atoms with Gasteiger partial charge in [0, 0.05) is 10.4 Å². The molecule has 2 heteroatoms. The minimum atomic E-state index is 0.283. The Morgan fingerprint density at radius 3 is 1.44 bits per heavy atom. The van der Waals surface area contributed by atoms with Gasteiger partial charge in [0.2, 0.25) is 0 Å². The summed E-state index contributed by atoms with van der Waals surface area (Å²) in [4.78, 5) is 0. The number of phenolic OH excluding ortho intramolecular Hbond substituents is 2. The number of hydrogen-bond donors (Lipinski definition) is 2. The largest absolute Gasteiger partial charge is 0.507 e. The van der Waals surface area contributed by atoms with E-state index in [2.05, 4.69) is 0 Å². The molecule has 3 rings (SSSR count). The zero-order valence-corrected chi connectivity index (χ0v) is 9.20. The second kappa shape index (κ2) is 2.79. The van der Waals surface area contributed by atoms with Gasteiger partial charge in [-0.3, -0.25) is 0 Å². The number of aromatic hydroxyl groups is 2. The molecule has 0 aromatic heterocycles. The fourth-order valence-electron chi connectivity index (χ4n) is 2.28. The quantitative estimate of drug-likeness (QED) is 0.601. The van der Waals surface area contributed by atoms with Crippen molar-refractivity contribution in [2.24, 2.45) is 0 Å². The number of benzene rings is 2. The lowest BCUT2D eigenvalue weighted by Gasteiger charge is -2.11. The first-order chi connectivity index (χ1) is 7.61. The lowest BCUT2D eigenvalue weighted by Crippen LogP contribution is -1.95. The maximum Gasteiger partial charge on any atom is 0.127 e. The molecule has 2 nitrogen and oxygen atoms in total. The molecule has 1 aliphatic rings. The van der Waals surface area contributed by atoms with Crippen LogP contribution in [0.15, 0.2) is 24.3 Å². The summed E-state index contributed by atoms with van der Waals surface area (Å²) in [7, 11) is 0. The van der Waals surface area contributed by atoms with Crippen molar-refractivity contribution in [2.45, 2.75) is 13.8 Å². The van der Waals surface area contributed by atoms with Crippen LogP contribution in [0.5, 0.6) is 11.5 Å². The highest BCUT2D eigenvalue weighted by molar-refractivity contribution is 5.47. The molecule has 0 radical (unpaired) electrons. The zero-order valence-electron chi connectivity index (χ0n) is 9.20. The highest BCUT2D eigenvalue weighted by atomic mass is 16.3. The zero-order chi connectivity index (χ0) is 11.4. The van der Waals surface area contributed by atoms with Crippen molar-refractivity contribution in [3.05, 3.63) is 56.3 Å². The van der Waals surface area contributed by atoms with E-state index < -0.39 is 0 Å². The van der Waals surface area contributed by atoms with Gasteiger partial charge < -0.3 is 10.2 Å². The van der Waals surface area contributed by atoms with Gasteiger partial charge in [-0.15, -0.1) is 0 Å². The monoisotopic (exact) mass is 212 g/mol. The number of fused-ring (bicyclic) bond motifs is 2. The lowest BCUT2D eigenvalue weighted by atomic mass is 9.96. The van der Waals surface area contributed by atoms with Crippen LogP contribution in [0, 0.1) is 34.7 Å².